The van der Waals surface area contributed by atoms with E-state index in [-0.39, 0.29) is 12.1 Å². The molecule has 2 aromatic rings. The number of rotatable bonds is 3. The molecule has 3 rings (SSSR count). The average Bonchev–Trinajstić information content (AvgIpc) is 3.14. The first kappa shape index (κ1) is 13.6. The Morgan fingerprint density at radius 3 is 3.05 bits per heavy atom. The number of carbonyl (C=O) groups is 1. The fraction of sp³-hybridized carbons (Fsp3) is 0.400. The largest absolute Gasteiger partial charge is 0.333 e. The number of hydrogen-bond donors (Lipinski definition) is 1. The molecule has 0 bridgehead atoms. The molecule has 0 spiro atoms. The summed E-state index contributed by atoms with van der Waals surface area (Å²) in [7, 11) is 0. The Bertz CT molecular complexity index is 576. The van der Waals surface area contributed by atoms with Gasteiger partial charge in [-0.15, -0.1) is 22.7 Å². The third-order valence-electron chi connectivity index (χ3n) is 3.74. The molecule has 0 saturated carbocycles. The third kappa shape index (κ3) is 2.60. The molecule has 0 radical (unpaired) electrons. The van der Waals surface area contributed by atoms with Crippen LogP contribution in [-0.4, -0.2) is 17.5 Å². The van der Waals surface area contributed by atoms with Crippen LogP contribution in [0.25, 0.3) is 0 Å². The number of urea groups is 1. The van der Waals surface area contributed by atoms with E-state index in [2.05, 4.69) is 29.8 Å². The van der Waals surface area contributed by atoms with Crippen LogP contribution in [0, 0.1) is 0 Å². The summed E-state index contributed by atoms with van der Waals surface area (Å²) in [4.78, 5) is 17.0. The fourth-order valence-electron chi connectivity index (χ4n) is 2.76. The SMILES string of the molecule is CC[C@@H]1c2ccsc2CCN1C(=O)NCc1cccs1. The highest BCUT2D eigenvalue weighted by Gasteiger charge is 2.30. The van der Waals surface area contributed by atoms with E-state index in [1.165, 1.54) is 15.3 Å². The highest BCUT2D eigenvalue weighted by molar-refractivity contribution is 7.10. The molecule has 1 aliphatic rings. The van der Waals surface area contributed by atoms with Gasteiger partial charge in [0.1, 0.15) is 0 Å². The molecule has 0 saturated heterocycles. The van der Waals surface area contributed by atoms with Crippen LogP contribution >= 0.6 is 22.7 Å². The van der Waals surface area contributed by atoms with Crippen LogP contribution in [0.3, 0.4) is 0 Å². The summed E-state index contributed by atoms with van der Waals surface area (Å²) in [5.41, 5.74) is 1.34. The van der Waals surface area contributed by atoms with Crippen molar-refractivity contribution in [2.75, 3.05) is 6.54 Å². The van der Waals surface area contributed by atoms with E-state index >= 15 is 0 Å². The van der Waals surface area contributed by atoms with Crippen LogP contribution in [-0.2, 0) is 13.0 Å². The molecule has 106 valence electrons. The molecule has 20 heavy (non-hydrogen) atoms. The second-order valence-electron chi connectivity index (χ2n) is 4.90. The first-order chi connectivity index (χ1) is 9.79. The summed E-state index contributed by atoms with van der Waals surface area (Å²) < 4.78 is 0. The Morgan fingerprint density at radius 2 is 2.30 bits per heavy atom. The zero-order valence-electron chi connectivity index (χ0n) is 11.5. The molecule has 0 fully saturated rings. The zero-order valence-corrected chi connectivity index (χ0v) is 13.1. The second kappa shape index (κ2) is 5.97. The van der Waals surface area contributed by atoms with Gasteiger partial charge in [-0.3, -0.25) is 0 Å². The van der Waals surface area contributed by atoms with Gasteiger partial charge in [-0.2, -0.15) is 0 Å². The summed E-state index contributed by atoms with van der Waals surface area (Å²) in [5.74, 6) is 0. The maximum atomic E-state index is 12.4. The lowest BCUT2D eigenvalue weighted by Gasteiger charge is -2.35. The standard InChI is InChI=1S/C15H18N2OS2/c1-2-13-12-6-9-20-14(12)5-7-17(13)15(18)16-10-11-4-3-8-19-11/h3-4,6,8-9,13H,2,5,7,10H2,1H3,(H,16,18)/t13-/m1/s1. The van der Waals surface area contributed by atoms with Gasteiger partial charge in [0.15, 0.2) is 0 Å². The fourth-order valence-corrected chi connectivity index (χ4v) is 4.33. The lowest BCUT2D eigenvalue weighted by Crippen LogP contribution is -2.44. The number of nitrogens with one attached hydrogen (secondary N) is 1. The van der Waals surface area contributed by atoms with E-state index in [9.17, 15) is 4.79 Å². The van der Waals surface area contributed by atoms with Gasteiger partial charge in [0.2, 0.25) is 0 Å². The molecule has 2 aromatic heterocycles. The number of hydrogen-bond acceptors (Lipinski definition) is 3. The van der Waals surface area contributed by atoms with Crippen molar-refractivity contribution in [1.82, 2.24) is 10.2 Å². The van der Waals surface area contributed by atoms with E-state index in [0.717, 1.165) is 19.4 Å². The van der Waals surface area contributed by atoms with Crippen molar-refractivity contribution >= 4 is 28.7 Å². The minimum absolute atomic E-state index is 0.0575. The highest BCUT2D eigenvalue weighted by Crippen LogP contribution is 2.35. The van der Waals surface area contributed by atoms with E-state index in [1.54, 1.807) is 11.3 Å². The Labute approximate surface area is 127 Å². The number of nitrogens with zero attached hydrogens (tertiary/aromatic N) is 1. The van der Waals surface area contributed by atoms with E-state index in [0.29, 0.717) is 6.54 Å². The van der Waals surface area contributed by atoms with Gasteiger partial charge in [-0.1, -0.05) is 13.0 Å². The number of thiophene rings is 2. The topological polar surface area (TPSA) is 32.3 Å². The smallest absolute Gasteiger partial charge is 0.318 e. The molecule has 0 aromatic carbocycles. The number of fused-ring (bicyclic) bond motifs is 1. The molecular formula is C15H18N2OS2. The van der Waals surface area contributed by atoms with Gasteiger partial charge < -0.3 is 10.2 Å². The highest BCUT2D eigenvalue weighted by atomic mass is 32.1. The third-order valence-corrected chi connectivity index (χ3v) is 5.61. The summed E-state index contributed by atoms with van der Waals surface area (Å²) in [6.45, 7) is 3.60. The first-order valence-electron chi connectivity index (χ1n) is 6.92. The molecule has 2 amide bonds. The minimum Gasteiger partial charge on any atom is -0.333 e. The number of carbonyl (C=O) groups excluding carboxylic acids is 1. The zero-order chi connectivity index (χ0) is 13.9. The number of amides is 2. The minimum atomic E-state index is 0.0575. The van der Waals surface area contributed by atoms with Gasteiger partial charge in [0, 0.05) is 16.3 Å². The van der Waals surface area contributed by atoms with Gasteiger partial charge in [-0.25, -0.2) is 4.79 Å². The second-order valence-corrected chi connectivity index (χ2v) is 6.94. The molecule has 1 N–H and O–H groups in total. The molecular weight excluding hydrogens is 288 g/mol. The van der Waals surface area contributed by atoms with Crippen LogP contribution in [0.4, 0.5) is 4.79 Å². The Balaban J connectivity index is 1.68. The van der Waals surface area contributed by atoms with Crippen LogP contribution in [0.15, 0.2) is 29.0 Å². The monoisotopic (exact) mass is 306 g/mol. The van der Waals surface area contributed by atoms with Crippen LogP contribution in [0.5, 0.6) is 0 Å². The quantitative estimate of drug-likeness (QED) is 0.912. The molecule has 3 heterocycles. The Hall–Kier alpha value is -1.33. The lowest BCUT2D eigenvalue weighted by atomic mass is 9.98. The average molecular weight is 306 g/mol. The van der Waals surface area contributed by atoms with E-state index in [4.69, 9.17) is 0 Å². The van der Waals surface area contributed by atoms with Gasteiger partial charge in [-0.05, 0) is 41.3 Å². The summed E-state index contributed by atoms with van der Waals surface area (Å²) in [6, 6.07) is 6.53. The Kier molecular flexibility index (Phi) is 4.08. The maximum absolute atomic E-state index is 12.4. The molecule has 1 atom stereocenters. The maximum Gasteiger partial charge on any atom is 0.318 e. The molecule has 5 heteroatoms. The molecule has 1 aliphatic heterocycles. The molecule has 0 aliphatic carbocycles. The van der Waals surface area contributed by atoms with Crippen molar-refractivity contribution in [3.63, 3.8) is 0 Å². The van der Waals surface area contributed by atoms with Crippen molar-refractivity contribution < 1.29 is 4.79 Å². The van der Waals surface area contributed by atoms with E-state index < -0.39 is 0 Å². The summed E-state index contributed by atoms with van der Waals surface area (Å²) in [6.07, 6.45) is 1.95. The van der Waals surface area contributed by atoms with Crippen molar-refractivity contribution in [2.45, 2.75) is 32.4 Å². The molecule has 0 unspecified atom stereocenters. The van der Waals surface area contributed by atoms with Gasteiger partial charge in [0.05, 0.1) is 12.6 Å². The normalized spacial score (nSPS) is 17.9. The summed E-state index contributed by atoms with van der Waals surface area (Å²) >= 11 is 3.49. The van der Waals surface area contributed by atoms with Crippen molar-refractivity contribution in [3.05, 3.63) is 44.3 Å². The van der Waals surface area contributed by atoms with Gasteiger partial charge in [0.25, 0.3) is 0 Å². The van der Waals surface area contributed by atoms with E-state index in [1.807, 2.05) is 27.7 Å². The first-order valence-corrected chi connectivity index (χ1v) is 8.68. The van der Waals surface area contributed by atoms with Crippen molar-refractivity contribution in [2.24, 2.45) is 0 Å². The van der Waals surface area contributed by atoms with Crippen LogP contribution < -0.4 is 5.32 Å². The van der Waals surface area contributed by atoms with Crippen molar-refractivity contribution in [3.8, 4) is 0 Å². The Morgan fingerprint density at radius 1 is 1.40 bits per heavy atom. The lowest BCUT2D eigenvalue weighted by molar-refractivity contribution is 0.167. The van der Waals surface area contributed by atoms with Crippen LogP contribution in [0.1, 0.15) is 34.7 Å². The predicted molar refractivity (Wildman–Crippen MR) is 84.3 cm³/mol. The van der Waals surface area contributed by atoms with Crippen LogP contribution in [0.2, 0.25) is 0 Å². The van der Waals surface area contributed by atoms with Gasteiger partial charge >= 0.3 is 6.03 Å². The predicted octanol–water partition coefficient (Wildman–Crippen LogP) is 4.03. The van der Waals surface area contributed by atoms with Crippen molar-refractivity contribution in [1.29, 1.82) is 0 Å². The summed E-state index contributed by atoms with van der Waals surface area (Å²) in [5, 5.41) is 7.22. The molecule has 3 nitrogen and oxygen atoms in total.